The average Bonchev–Trinajstić information content (AvgIpc) is 2.31. The lowest BCUT2D eigenvalue weighted by molar-refractivity contribution is -0.140. The van der Waals surface area contributed by atoms with Gasteiger partial charge < -0.3 is 10.4 Å². The number of carbonyl (C=O) groups is 2. The Kier molecular flexibility index (Phi) is 6.28. The third-order valence-corrected chi connectivity index (χ3v) is 3.18. The molecule has 0 aliphatic rings. The van der Waals surface area contributed by atoms with Gasteiger partial charge in [-0.15, -0.1) is 11.8 Å². The standard InChI is InChI=1S/C13H17NO3S/c1-2-18-11-5-3-10(4-6-11)7-8-14-12(15)9-13(16)17/h3-6H,2,7-9H2,1H3,(H,14,15)(H,16,17). The van der Waals surface area contributed by atoms with Crippen molar-refractivity contribution >= 4 is 23.6 Å². The minimum atomic E-state index is -1.10. The molecule has 1 aromatic carbocycles. The number of amides is 1. The SMILES string of the molecule is CCSc1ccc(CCNC(=O)CC(=O)O)cc1. The lowest BCUT2D eigenvalue weighted by Crippen LogP contribution is -2.27. The van der Waals surface area contributed by atoms with Crippen LogP contribution in [0.25, 0.3) is 0 Å². The second-order valence-corrected chi connectivity index (χ2v) is 5.08. The highest BCUT2D eigenvalue weighted by molar-refractivity contribution is 7.99. The van der Waals surface area contributed by atoms with E-state index in [0.29, 0.717) is 13.0 Å². The van der Waals surface area contributed by atoms with Crippen molar-refractivity contribution in [3.8, 4) is 0 Å². The highest BCUT2D eigenvalue weighted by Crippen LogP contribution is 2.17. The Morgan fingerprint density at radius 1 is 1.28 bits per heavy atom. The number of carboxylic acids is 1. The number of nitrogens with one attached hydrogen (secondary N) is 1. The summed E-state index contributed by atoms with van der Waals surface area (Å²) >= 11 is 1.78. The number of rotatable bonds is 7. The zero-order valence-electron chi connectivity index (χ0n) is 10.3. The van der Waals surface area contributed by atoms with Gasteiger partial charge in [-0.2, -0.15) is 0 Å². The molecule has 1 aromatic rings. The molecular weight excluding hydrogens is 250 g/mol. The average molecular weight is 267 g/mol. The Morgan fingerprint density at radius 2 is 1.94 bits per heavy atom. The predicted molar refractivity (Wildman–Crippen MR) is 71.8 cm³/mol. The molecule has 0 spiro atoms. The fourth-order valence-electron chi connectivity index (χ4n) is 1.47. The highest BCUT2D eigenvalue weighted by Gasteiger charge is 2.06. The van der Waals surface area contributed by atoms with Crippen LogP contribution in [0.2, 0.25) is 0 Å². The molecule has 2 N–H and O–H groups in total. The second kappa shape index (κ2) is 7.76. The normalized spacial score (nSPS) is 10.1. The van der Waals surface area contributed by atoms with E-state index in [1.165, 1.54) is 4.90 Å². The van der Waals surface area contributed by atoms with Crippen LogP contribution in [-0.4, -0.2) is 29.3 Å². The summed E-state index contributed by atoms with van der Waals surface area (Å²) in [6.45, 7) is 2.57. The van der Waals surface area contributed by atoms with Gasteiger partial charge in [0.1, 0.15) is 6.42 Å². The first kappa shape index (κ1) is 14.6. The number of benzene rings is 1. The molecule has 0 aliphatic carbocycles. The molecule has 0 aliphatic heterocycles. The minimum absolute atomic E-state index is 0.444. The summed E-state index contributed by atoms with van der Waals surface area (Å²) in [6, 6.07) is 8.17. The van der Waals surface area contributed by atoms with Crippen molar-refractivity contribution in [2.75, 3.05) is 12.3 Å². The van der Waals surface area contributed by atoms with Crippen molar-refractivity contribution in [1.29, 1.82) is 0 Å². The van der Waals surface area contributed by atoms with Gasteiger partial charge in [-0.25, -0.2) is 0 Å². The van der Waals surface area contributed by atoms with Crippen molar-refractivity contribution in [1.82, 2.24) is 5.32 Å². The van der Waals surface area contributed by atoms with Gasteiger partial charge in [0.2, 0.25) is 5.91 Å². The van der Waals surface area contributed by atoms with Crippen molar-refractivity contribution in [2.24, 2.45) is 0 Å². The first-order valence-electron chi connectivity index (χ1n) is 5.82. The van der Waals surface area contributed by atoms with E-state index in [1.54, 1.807) is 11.8 Å². The van der Waals surface area contributed by atoms with E-state index in [-0.39, 0.29) is 0 Å². The van der Waals surface area contributed by atoms with Crippen molar-refractivity contribution in [3.63, 3.8) is 0 Å². The lowest BCUT2D eigenvalue weighted by Gasteiger charge is -2.05. The summed E-state index contributed by atoms with van der Waals surface area (Å²) in [4.78, 5) is 22.6. The molecule has 0 unspecified atom stereocenters. The molecular formula is C13H17NO3S. The summed E-state index contributed by atoms with van der Waals surface area (Å²) in [7, 11) is 0. The Morgan fingerprint density at radius 3 is 2.50 bits per heavy atom. The molecule has 1 rings (SSSR count). The summed E-state index contributed by atoms with van der Waals surface area (Å²) in [5.41, 5.74) is 1.13. The van der Waals surface area contributed by atoms with Gasteiger partial charge in [0.25, 0.3) is 0 Å². The number of carboxylic acid groups (broad SMARTS) is 1. The molecule has 4 nitrogen and oxygen atoms in total. The van der Waals surface area contributed by atoms with Crippen LogP contribution in [0.1, 0.15) is 18.9 Å². The van der Waals surface area contributed by atoms with Gasteiger partial charge in [-0.1, -0.05) is 19.1 Å². The minimum Gasteiger partial charge on any atom is -0.481 e. The Bertz CT molecular complexity index is 403. The summed E-state index contributed by atoms with van der Waals surface area (Å²) in [5.74, 6) is -0.501. The summed E-state index contributed by atoms with van der Waals surface area (Å²) in [6.07, 6.45) is 0.245. The predicted octanol–water partition coefficient (Wildman–Crippen LogP) is 1.93. The van der Waals surface area contributed by atoms with E-state index in [1.807, 2.05) is 12.1 Å². The van der Waals surface area contributed by atoms with Crippen LogP contribution in [0.4, 0.5) is 0 Å². The molecule has 0 heterocycles. The van der Waals surface area contributed by atoms with Gasteiger partial charge in [0.05, 0.1) is 0 Å². The van der Waals surface area contributed by atoms with Crippen LogP contribution in [-0.2, 0) is 16.0 Å². The molecule has 0 aromatic heterocycles. The molecule has 0 bridgehead atoms. The summed E-state index contributed by atoms with van der Waals surface area (Å²) < 4.78 is 0. The van der Waals surface area contributed by atoms with Gasteiger partial charge in [-0.3, -0.25) is 9.59 Å². The molecule has 5 heteroatoms. The first-order chi connectivity index (χ1) is 8.61. The van der Waals surface area contributed by atoms with Gasteiger partial charge in [0.15, 0.2) is 0 Å². The number of hydrogen-bond donors (Lipinski definition) is 2. The van der Waals surface area contributed by atoms with Crippen LogP contribution < -0.4 is 5.32 Å². The topological polar surface area (TPSA) is 66.4 Å². The zero-order chi connectivity index (χ0) is 13.4. The zero-order valence-corrected chi connectivity index (χ0v) is 11.1. The summed E-state index contributed by atoms with van der Waals surface area (Å²) in [5, 5.41) is 11.0. The molecule has 0 fully saturated rings. The van der Waals surface area contributed by atoms with Crippen molar-refractivity contribution < 1.29 is 14.7 Å². The first-order valence-corrected chi connectivity index (χ1v) is 6.80. The molecule has 98 valence electrons. The van der Waals surface area contributed by atoms with Crippen LogP contribution in [0, 0.1) is 0 Å². The fraction of sp³-hybridized carbons (Fsp3) is 0.385. The van der Waals surface area contributed by atoms with E-state index in [9.17, 15) is 9.59 Å². The molecule has 0 saturated heterocycles. The smallest absolute Gasteiger partial charge is 0.312 e. The Balaban J connectivity index is 2.31. The van der Waals surface area contributed by atoms with Crippen molar-refractivity contribution in [2.45, 2.75) is 24.7 Å². The number of thioether (sulfide) groups is 1. The Labute approximate surface area is 111 Å². The Hall–Kier alpha value is -1.49. The maximum atomic E-state index is 11.1. The maximum Gasteiger partial charge on any atom is 0.312 e. The lowest BCUT2D eigenvalue weighted by atomic mass is 10.1. The molecule has 1 amide bonds. The highest BCUT2D eigenvalue weighted by atomic mass is 32.2. The second-order valence-electron chi connectivity index (χ2n) is 3.75. The van der Waals surface area contributed by atoms with E-state index in [2.05, 4.69) is 24.4 Å². The molecule has 18 heavy (non-hydrogen) atoms. The maximum absolute atomic E-state index is 11.1. The number of aliphatic carboxylic acids is 1. The largest absolute Gasteiger partial charge is 0.481 e. The molecule has 0 atom stereocenters. The van der Waals surface area contributed by atoms with Gasteiger partial charge in [-0.05, 0) is 29.9 Å². The van der Waals surface area contributed by atoms with Crippen LogP contribution >= 0.6 is 11.8 Å². The van der Waals surface area contributed by atoms with Crippen LogP contribution in [0.15, 0.2) is 29.2 Å². The molecule has 0 radical (unpaired) electrons. The van der Waals surface area contributed by atoms with Crippen LogP contribution in [0.5, 0.6) is 0 Å². The van der Waals surface area contributed by atoms with Crippen molar-refractivity contribution in [3.05, 3.63) is 29.8 Å². The third kappa shape index (κ3) is 5.72. The van der Waals surface area contributed by atoms with Crippen LogP contribution in [0.3, 0.4) is 0 Å². The monoisotopic (exact) mass is 267 g/mol. The number of hydrogen-bond acceptors (Lipinski definition) is 3. The van der Waals surface area contributed by atoms with E-state index in [4.69, 9.17) is 5.11 Å². The fourth-order valence-corrected chi connectivity index (χ4v) is 2.13. The van der Waals surface area contributed by atoms with E-state index in [0.717, 1.165) is 11.3 Å². The quantitative estimate of drug-likeness (QED) is 0.585. The molecule has 0 saturated carbocycles. The van der Waals surface area contributed by atoms with Gasteiger partial charge in [0, 0.05) is 11.4 Å². The number of carbonyl (C=O) groups excluding carboxylic acids is 1. The third-order valence-electron chi connectivity index (χ3n) is 2.28. The van der Waals surface area contributed by atoms with E-state index >= 15 is 0 Å². The van der Waals surface area contributed by atoms with Gasteiger partial charge >= 0.3 is 5.97 Å². The van der Waals surface area contributed by atoms with E-state index < -0.39 is 18.3 Å².